The number of ether oxygens (including phenoxy) is 1. The van der Waals surface area contributed by atoms with Crippen LogP contribution < -0.4 is 0 Å². The molecule has 1 aliphatic rings. The summed E-state index contributed by atoms with van der Waals surface area (Å²) in [5.74, 6) is 1.09. The summed E-state index contributed by atoms with van der Waals surface area (Å²) in [6.45, 7) is 4.35. The number of methoxy groups -OCH3 is 1. The minimum absolute atomic E-state index is 1.04. The van der Waals surface area contributed by atoms with E-state index in [0.29, 0.717) is 0 Å². The largest absolute Gasteiger partial charge is 0.501 e. The van der Waals surface area contributed by atoms with E-state index in [9.17, 15) is 0 Å². The van der Waals surface area contributed by atoms with Crippen LogP contribution in [-0.4, -0.2) is 7.11 Å². The quantitative estimate of drug-likeness (QED) is 0.641. The van der Waals surface area contributed by atoms with E-state index < -0.39 is 0 Å². The highest BCUT2D eigenvalue weighted by atomic mass is 16.5. The van der Waals surface area contributed by atoms with Gasteiger partial charge >= 0.3 is 0 Å². The van der Waals surface area contributed by atoms with Crippen LogP contribution in [0, 0.1) is 0 Å². The summed E-state index contributed by atoms with van der Waals surface area (Å²) in [4.78, 5) is 0. The third kappa shape index (κ3) is 2.76. The van der Waals surface area contributed by atoms with Crippen LogP contribution in [0.4, 0.5) is 0 Å². The van der Waals surface area contributed by atoms with Gasteiger partial charge < -0.3 is 4.74 Å². The monoisotopic (exact) mass is 178 g/mol. The first kappa shape index (κ1) is 10.1. The molecular formula is C12H18O. The highest BCUT2D eigenvalue weighted by Crippen LogP contribution is 2.24. The third-order valence-electron chi connectivity index (χ3n) is 2.39. The first-order valence-electron chi connectivity index (χ1n) is 4.88. The Labute approximate surface area is 80.8 Å². The molecule has 0 radical (unpaired) electrons. The maximum atomic E-state index is 5.18. The van der Waals surface area contributed by atoms with E-state index in [1.54, 1.807) is 7.11 Å². The molecule has 0 atom stereocenters. The van der Waals surface area contributed by atoms with Crippen LogP contribution in [0.2, 0.25) is 0 Å². The lowest BCUT2D eigenvalue weighted by molar-refractivity contribution is 0.276. The summed E-state index contributed by atoms with van der Waals surface area (Å²) < 4.78 is 5.18. The van der Waals surface area contributed by atoms with Gasteiger partial charge in [0.15, 0.2) is 0 Å². The molecule has 1 aliphatic carbocycles. The average molecular weight is 178 g/mol. The topological polar surface area (TPSA) is 9.23 Å². The van der Waals surface area contributed by atoms with Gasteiger partial charge in [0, 0.05) is 6.42 Å². The van der Waals surface area contributed by atoms with E-state index in [-0.39, 0.29) is 0 Å². The molecule has 13 heavy (non-hydrogen) atoms. The summed E-state index contributed by atoms with van der Waals surface area (Å²) in [5.41, 5.74) is 2.86. The van der Waals surface area contributed by atoms with Gasteiger partial charge in [-0.2, -0.15) is 0 Å². The second-order valence-corrected chi connectivity index (χ2v) is 3.32. The molecular weight excluding hydrogens is 160 g/mol. The van der Waals surface area contributed by atoms with Crippen molar-refractivity contribution in [3.05, 3.63) is 35.1 Å². The minimum atomic E-state index is 1.04. The van der Waals surface area contributed by atoms with Crippen LogP contribution in [0.15, 0.2) is 35.1 Å². The van der Waals surface area contributed by atoms with Gasteiger partial charge in [-0.15, -0.1) is 0 Å². The standard InChI is InChI=1S/C12H18O/c1-4-5-10(2)11-6-8-12(13-3)9-7-11/h5-6,8H,4,7,9H2,1-3H3/b10-5+. The second-order valence-electron chi connectivity index (χ2n) is 3.32. The highest BCUT2D eigenvalue weighted by molar-refractivity contribution is 5.35. The summed E-state index contributed by atoms with van der Waals surface area (Å²) in [7, 11) is 1.74. The molecule has 72 valence electrons. The van der Waals surface area contributed by atoms with E-state index in [0.717, 1.165) is 25.0 Å². The van der Waals surface area contributed by atoms with Gasteiger partial charge in [-0.3, -0.25) is 0 Å². The number of hydrogen-bond acceptors (Lipinski definition) is 1. The Morgan fingerprint density at radius 3 is 2.69 bits per heavy atom. The Morgan fingerprint density at radius 2 is 2.23 bits per heavy atom. The molecule has 0 aromatic rings. The Hall–Kier alpha value is -0.980. The van der Waals surface area contributed by atoms with E-state index in [4.69, 9.17) is 4.74 Å². The van der Waals surface area contributed by atoms with E-state index in [1.807, 2.05) is 0 Å². The first-order valence-corrected chi connectivity index (χ1v) is 4.88. The Morgan fingerprint density at radius 1 is 1.46 bits per heavy atom. The van der Waals surface area contributed by atoms with E-state index in [2.05, 4.69) is 32.1 Å². The van der Waals surface area contributed by atoms with Crippen molar-refractivity contribution in [3.63, 3.8) is 0 Å². The van der Waals surface area contributed by atoms with E-state index in [1.165, 1.54) is 11.1 Å². The molecule has 0 aromatic heterocycles. The zero-order valence-corrected chi connectivity index (χ0v) is 8.76. The van der Waals surface area contributed by atoms with Crippen LogP contribution in [0.25, 0.3) is 0 Å². The lowest BCUT2D eigenvalue weighted by Crippen LogP contribution is -1.96. The molecule has 1 heteroatoms. The van der Waals surface area contributed by atoms with Crippen LogP contribution in [0.3, 0.4) is 0 Å². The van der Waals surface area contributed by atoms with Gasteiger partial charge in [0.2, 0.25) is 0 Å². The second kappa shape index (κ2) is 4.90. The molecule has 1 rings (SSSR count). The fourth-order valence-corrected chi connectivity index (χ4v) is 1.55. The smallest absolute Gasteiger partial charge is 0.0958 e. The summed E-state index contributed by atoms with van der Waals surface area (Å²) in [5, 5.41) is 0. The Kier molecular flexibility index (Phi) is 3.81. The van der Waals surface area contributed by atoms with E-state index >= 15 is 0 Å². The molecule has 0 saturated carbocycles. The third-order valence-corrected chi connectivity index (χ3v) is 2.39. The molecule has 0 aliphatic heterocycles. The van der Waals surface area contributed by atoms with Gasteiger partial charge in [0.05, 0.1) is 12.9 Å². The lowest BCUT2D eigenvalue weighted by atomic mass is 9.97. The molecule has 0 bridgehead atoms. The minimum Gasteiger partial charge on any atom is -0.501 e. The summed E-state index contributed by atoms with van der Waals surface area (Å²) >= 11 is 0. The molecule has 1 nitrogen and oxygen atoms in total. The Balaban J connectivity index is 2.69. The van der Waals surface area contributed by atoms with Crippen molar-refractivity contribution in [3.8, 4) is 0 Å². The predicted octanol–water partition coefficient (Wildman–Crippen LogP) is 3.59. The molecule has 0 fully saturated rings. The molecule has 0 N–H and O–H groups in total. The maximum absolute atomic E-state index is 5.18. The van der Waals surface area contributed by atoms with Crippen molar-refractivity contribution >= 4 is 0 Å². The maximum Gasteiger partial charge on any atom is 0.0958 e. The molecule has 0 amide bonds. The van der Waals surface area contributed by atoms with Gasteiger partial charge in [-0.1, -0.05) is 24.6 Å². The van der Waals surface area contributed by atoms with Crippen molar-refractivity contribution in [1.29, 1.82) is 0 Å². The number of hydrogen-bond donors (Lipinski definition) is 0. The van der Waals surface area contributed by atoms with Crippen molar-refractivity contribution in [2.24, 2.45) is 0 Å². The zero-order valence-electron chi connectivity index (χ0n) is 8.76. The van der Waals surface area contributed by atoms with Gasteiger partial charge in [0.25, 0.3) is 0 Å². The average Bonchev–Trinajstić information content (AvgIpc) is 2.18. The summed E-state index contributed by atoms with van der Waals surface area (Å²) in [6.07, 6.45) is 9.79. The van der Waals surface area contributed by atoms with Crippen LogP contribution in [0.1, 0.15) is 33.1 Å². The Bertz CT molecular complexity index is 256. The lowest BCUT2D eigenvalue weighted by Gasteiger charge is -2.14. The predicted molar refractivity (Wildman–Crippen MR) is 56.5 cm³/mol. The van der Waals surface area contributed by atoms with Crippen molar-refractivity contribution in [2.45, 2.75) is 33.1 Å². The van der Waals surface area contributed by atoms with Crippen molar-refractivity contribution in [2.75, 3.05) is 7.11 Å². The van der Waals surface area contributed by atoms with Gasteiger partial charge in [-0.05, 0) is 31.4 Å². The molecule has 0 heterocycles. The molecule has 0 unspecified atom stereocenters. The first-order chi connectivity index (χ1) is 6.27. The normalized spacial score (nSPS) is 17.9. The fraction of sp³-hybridized carbons (Fsp3) is 0.500. The highest BCUT2D eigenvalue weighted by Gasteiger charge is 2.06. The SMILES string of the molecule is CC/C=C(\C)C1=CC=C(OC)CC1. The number of rotatable bonds is 3. The van der Waals surface area contributed by atoms with Gasteiger partial charge in [-0.25, -0.2) is 0 Å². The number of allylic oxidation sites excluding steroid dienone is 6. The fourth-order valence-electron chi connectivity index (χ4n) is 1.55. The zero-order chi connectivity index (χ0) is 9.68. The van der Waals surface area contributed by atoms with Crippen molar-refractivity contribution < 1.29 is 4.74 Å². The molecule has 0 saturated heterocycles. The van der Waals surface area contributed by atoms with Crippen LogP contribution >= 0.6 is 0 Å². The van der Waals surface area contributed by atoms with Crippen molar-refractivity contribution in [1.82, 2.24) is 0 Å². The van der Waals surface area contributed by atoms with Crippen LogP contribution in [0.5, 0.6) is 0 Å². The summed E-state index contributed by atoms with van der Waals surface area (Å²) in [6, 6.07) is 0. The van der Waals surface area contributed by atoms with Gasteiger partial charge in [0.1, 0.15) is 0 Å². The molecule has 0 aromatic carbocycles. The molecule has 0 spiro atoms. The van der Waals surface area contributed by atoms with Crippen LogP contribution in [-0.2, 0) is 4.74 Å².